The van der Waals surface area contributed by atoms with Crippen LogP contribution < -0.4 is 0 Å². The third-order valence-corrected chi connectivity index (χ3v) is 6.46. The van der Waals surface area contributed by atoms with Crippen LogP contribution in [0.15, 0.2) is 35.8 Å². The Bertz CT molecular complexity index is 596. The van der Waals surface area contributed by atoms with Crippen molar-refractivity contribution in [2.45, 2.75) is 64.6 Å². The average molecular weight is 310 g/mol. The predicted octanol–water partition coefficient (Wildman–Crippen LogP) is 4.37. The number of rotatable bonds is 1. The first kappa shape index (κ1) is 15.5. The maximum atomic E-state index is 6.21. The molecule has 0 aromatic heterocycles. The van der Waals surface area contributed by atoms with E-state index < -0.39 is 0 Å². The van der Waals surface area contributed by atoms with E-state index in [9.17, 15) is 0 Å². The smallest absolute Gasteiger partial charge is 0.400 e. The highest BCUT2D eigenvalue weighted by molar-refractivity contribution is 6.51. The lowest BCUT2D eigenvalue weighted by Gasteiger charge is -2.32. The molecule has 1 saturated heterocycles. The Balaban J connectivity index is 1.62. The highest BCUT2D eigenvalue weighted by Crippen LogP contribution is 2.45. The molecule has 4 rings (SSSR count). The fraction of sp³-hybridized carbons (Fsp3) is 0.600. The minimum atomic E-state index is -0.249. The van der Waals surface area contributed by atoms with Crippen molar-refractivity contribution < 1.29 is 9.31 Å². The molecule has 0 spiro atoms. The summed E-state index contributed by atoms with van der Waals surface area (Å²) < 4.78 is 12.4. The summed E-state index contributed by atoms with van der Waals surface area (Å²) in [6.45, 7) is 8.51. The summed E-state index contributed by atoms with van der Waals surface area (Å²) in [6.07, 6.45) is 4.98. The zero-order valence-corrected chi connectivity index (χ0v) is 14.8. The van der Waals surface area contributed by atoms with Crippen molar-refractivity contribution in [2.75, 3.05) is 0 Å². The normalized spacial score (nSPS) is 31.0. The Morgan fingerprint density at radius 3 is 1.87 bits per heavy atom. The summed E-state index contributed by atoms with van der Waals surface area (Å²) in [5, 5.41) is 0. The van der Waals surface area contributed by atoms with Crippen molar-refractivity contribution >= 4 is 7.12 Å². The van der Waals surface area contributed by atoms with Crippen LogP contribution >= 0.6 is 0 Å². The number of allylic oxidation sites excluding steroid dienone is 1. The number of fused-ring (bicyclic) bond motifs is 3. The molecule has 2 aliphatic carbocycles. The largest absolute Gasteiger partial charge is 0.487 e. The van der Waals surface area contributed by atoms with Gasteiger partial charge < -0.3 is 9.31 Å². The zero-order chi connectivity index (χ0) is 16.2. The second-order valence-electron chi connectivity index (χ2n) is 8.44. The second kappa shape index (κ2) is 5.22. The first-order valence-electron chi connectivity index (χ1n) is 9.00. The van der Waals surface area contributed by atoms with Crippen molar-refractivity contribution in [1.82, 2.24) is 0 Å². The van der Waals surface area contributed by atoms with Crippen LogP contribution in [0.3, 0.4) is 0 Å². The summed E-state index contributed by atoms with van der Waals surface area (Å²) in [6, 6.07) is 8.97. The van der Waals surface area contributed by atoms with Crippen molar-refractivity contribution in [3.05, 3.63) is 46.9 Å². The van der Waals surface area contributed by atoms with E-state index in [2.05, 4.69) is 57.9 Å². The molecule has 1 saturated carbocycles. The first-order chi connectivity index (χ1) is 10.9. The quantitative estimate of drug-likeness (QED) is 0.717. The molecule has 0 radical (unpaired) electrons. The molecular weight excluding hydrogens is 283 g/mol. The van der Waals surface area contributed by atoms with Gasteiger partial charge in [0.05, 0.1) is 11.2 Å². The van der Waals surface area contributed by atoms with Crippen molar-refractivity contribution in [3.63, 3.8) is 0 Å². The number of hydrogen-bond donors (Lipinski definition) is 0. The molecule has 122 valence electrons. The van der Waals surface area contributed by atoms with Crippen LogP contribution in [0.2, 0.25) is 0 Å². The van der Waals surface area contributed by atoms with Gasteiger partial charge >= 0.3 is 7.12 Å². The van der Waals surface area contributed by atoms with E-state index in [1.165, 1.54) is 25.7 Å². The fourth-order valence-corrected chi connectivity index (χ4v) is 4.38. The molecule has 2 fully saturated rings. The number of hydrogen-bond acceptors (Lipinski definition) is 2. The molecule has 0 N–H and O–H groups in total. The lowest BCUT2D eigenvalue weighted by molar-refractivity contribution is 0.00578. The van der Waals surface area contributed by atoms with Gasteiger partial charge in [-0.3, -0.25) is 0 Å². The Morgan fingerprint density at radius 1 is 0.913 bits per heavy atom. The van der Waals surface area contributed by atoms with Gasteiger partial charge in [0.1, 0.15) is 0 Å². The minimum absolute atomic E-state index is 0.195. The van der Waals surface area contributed by atoms with E-state index in [1.807, 2.05) is 0 Å². The van der Waals surface area contributed by atoms with Gasteiger partial charge in [0.25, 0.3) is 0 Å². The van der Waals surface area contributed by atoms with E-state index in [0.29, 0.717) is 11.8 Å². The van der Waals surface area contributed by atoms with Crippen LogP contribution in [0.5, 0.6) is 0 Å². The summed E-state index contributed by atoms with van der Waals surface area (Å²) in [5.41, 5.74) is 4.17. The predicted molar refractivity (Wildman–Crippen MR) is 94.2 cm³/mol. The third kappa shape index (κ3) is 2.58. The Kier molecular flexibility index (Phi) is 3.51. The molecule has 2 unspecified atom stereocenters. The van der Waals surface area contributed by atoms with Gasteiger partial charge in [-0.25, -0.2) is 0 Å². The molecule has 1 aliphatic heterocycles. The lowest BCUT2D eigenvalue weighted by Crippen LogP contribution is -2.41. The van der Waals surface area contributed by atoms with Gasteiger partial charge in [-0.2, -0.15) is 0 Å². The van der Waals surface area contributed by atoms with Crippen LogP contribution in [0, 0.1) is 11.8 Å². The average Bonchev–Trinajstić information content (AvgIpc) is 2.84. The molecule has 2 bridgehead atoms. The lowest BCUT2D eigenvalue weighted by atomic mass is 9.81. The van der Waals surface area contributed by atoms with Gasteiger partial charge in [0.15, 0.2) is 0 Å². The first-order valence-corrected chi connectivity index (χ1v) is 9.00. The summed E-state index contributed by atoms with van der Waals surface area (Å²) in [7, 11) is -0.195. The van der Waals surface area contributed by atoms with Crippen molar-refractivity contribution in [2.24, 2.45) is 11.8 Å². The second-order valence-corrected chi connectivity index (χ2v) is 8.44. The Hall–Kier alpha value is -1.06. The molecule has 1 aromatic carbocycles. The van der Waals surface area contributed by atoms with Gasteiger partial charge in [0.2, 0.25) is 0 Å². The molecule has 0 amide bonds. The highest BCUT2D eigenvalue weighted by Gasteiger charge is 2.51. The molecule has 23 heavy (non-hydrogen) atoms. The zero-order valence-electron chi connectivity index (χ0n) is 14.8. The van der Waals surface area contributed by atoms with Crippen molar-refractivity contribution in [3.8, 4) is 0 Å². The molecule has 1 heterocycles. The van der Waals surface area contributed by atoms with Crippen LogP contribution in [-0.2, 0) is 22.2 Å². The molecule has 1 aromatic rings. The molecule has 2 nitrogen and oxygen atoms in total. The van der Waals surface area contributed by atoms with E-state index in [4.69, 9.17) is 9.31 Å². The topological polar surface area (TPSA) is 18.5 Å². The monoisotopic (exact) mass is 310 g/mol. The van der Waals surface area contributed by atoms with E-state index in [-0.39, 0.29) is 18.3 Å². The maximum absolute atomic E-state index is 6.21. The van der Waals surface area contributed by atoms with E-state index in [0.717, 1.165) is 0 Å². The summed E-state index contributed by atoms with van der Waals surface area (Å²) in [5.74, 6) is 3.65. The molecule has 3 heteroatoms. The fourth-order valence-electron chi connectivity index (χ4n) is 4.38. The van der Waals surface area contributed by atoms with Crippen LogP contribution in [0.1, 0.15) is 51.7 Å². The van der Waals surface area contributed by atoms with Gasteiger partial charge in [-0.05, 0) is 76.3 Å². The summed E-state index contributed by atoms with van der Waals surface area (Å²) >= 11 is 0. The highest BCUT2D eigenvalue weighted by atomic mass is 16.7. The maximum Gasteiger partial charge on any atom is 0.487 e. The van der Waals surface area contributed by atoms with Crippen molar-refractivity contribution in [1.29, 1.82) is 0 Å². The summed E-state index contributed by atoms with van der Waals surface area (Å²) in [4.78, 5) is 0. The van der Waals surface area contributed by atoms with Crippen LogP contribution in [0.25, 0.3) is 0 Å². The van der Waals surface area contributed by atoms with Gasteiger partial charge in [-0.1, -0.05) is 35.8 Å². The molecule has 2 atom stereocenters. The SMILES string of the molecule is CC1(C)OB(C=C2C3CCC2Cc2ccccc2C3)OC1(C)C. The Labute approximate surface area is 140 Å². The van der Waals surface area contributed by atoms with Crippen LogP contribution in [-0.4, -0.2) is 18.3 Å². The number of benzene rings is 1. The van der Waals surface area contributed by atoms with Gasteiger partial charge in [-0.15, -0.1) is 0 Å². The van der Waals surface area contributed by atoms with E-state index in [1.54, 1.807) is 16.7 Å². The molecule has 3 aliphatic rings. The molecular formula is C20H27BO2. The standard InChI is InChI=1S/C20H27BO2/c1-19(2)20(3,4)23-21(22-19)13-18-16-9-10-17(18)12-15-8-6-5-7-14(15)11-16/h5-8,13,16-17H,9-12H2,1-4H3. The minimum Gasteiger partial charge on any atom is -0.400 e. The van der Waals surface area contributed by atoms with E-state index >= 15 is 0 Å². The Morgan fingerprint density at radius 2 is 1.39 bits per heavy atom. The third-order valence-electron chi connectivity index (χ3n) is 6.46. The van der Waals surface area contributed by atoms with Gasteiger partial charge in [0, 0.05) is 0 Å². The van der Waals surface area contributed by atoms with Crippen LogP contribution in [0.4, 0.5) is 0 Å².